The predicted molar refractivity (Wildman–Crippen MR) is 36.2 cm³/mol. The van der Waals surface area contributed by atoms with Crippen molar-refractivity contribution in [1.29, 1.82) is 0 Å². The second kappa shape index (κ2) is 5.06. The van der Waals surface area contributed by atoms with Crippen molar-refractivity contribution >= 4 is 0 Å². The molecule has 0 heterocycles. The van der Waals surface area contributed by atoms with Crippen molar-refractivity contribution in [2.24, 2.45) is 0 Å². The van der Waals surface area contributed by atoms with Crippen LogP contribution < -0.4 is 10.6 Å². The van der Waals surface area contributed by atoms with Crippen molar-refractivity contribution in [3.05, 3.63) is 13.5 Å². The first-order chi connectivity index (χ1) is 3.85. The lowest BCUT2D eigenvalue weighted by Crippen LogP contribution is -2.29. The molecule has 2 radical (unpaired) electrons. The quantitative estimate of drug-likeness (QED) is 0.545. The molecule has 0 aliphatic heterocycles. The fourth-order valence-electron chi connectivity index (χ4n) is 0.512. The summed E-state index contributed by atoms with van der Waals surface area (Å²) in [7, 11) is 3.81. The third-order valence-electron chi connectivity index (χ3n) is 1.05. The van der Waals surface area contributed by atoms with E-state index in [2.05, 4.69) is 17.6 Å². The van der Waals surface area contributed by atoms with Gasteiger partial charge in [-0.3, -0.25) is 0 Å². The minimum atomic E-state index is 0.403. The maximum Gasteiger partial charge on any atom is 0.0388 e. The molecule has 0 rings (SSSR count). The van der Waals surface area contributed by atoms with E-state index in [1.807, 2.05) is 20.6 Å². The van der Waals surface area contributed by atoms with Crippen LogP contribution in [0.4, 0.5) is 0 Å². The van der Waals surface area contributed by atoms with Crippen molar-refractivity contribution in [3.63, 3.8) is 0 Å². The minimum Gasteiger partial charge on any atom is -0.315 e. The van der Waals surface area contributed by atoms with Crippen LogP contribution in [0.2, 0.25) is 0 Å². The van der Waals surface area contributed by atoms with Crippen molar-refractivity contribution < 1.29 is 0 Å². The van der Waals surface area contributed by atoms with Crippen molar-refractivity contribution in [2.45, 2.75) is 12.5 Å². The molecular formula is C6H14N2. The monoisotopic (exact) mass is 114 g/mol. The molecule has 8 heavy (non-hydrogen) atoms. The molecule has 1 unspecified atom stereocenters. The van der Waals surface area contributed by atoms with Gasteiger partial charge >= 0.3 is 0 Å². The van der Waals surface area contributed by atoms with Crippen LogP contribution in [0.15, 0.2) is 0 Å². The van der Waals surface area contributed by atoms with Gasteiger partial charge < -0.3 is 10.6 Å². The van der Waals surface area contributed by atoms with Gasteiger partial charge in [0.25, 0.3) is 0 Å². The van der Waals surface area contributed by atoms with Crippen LogP contribution in [-0.2, 0) is 0 Å². The van der Waals surface area contributed by atoms with Gasteiger partial charge in [-0.25, -0.2) is 0 Å². The van der Waals surface area contributed by atoms with E-state index in [-0.39, 0.29) is 0 Å². The summed E-state index contributed by atoms with van der Waals surface area (Å²) in [6.45, 7) is 5.72. The minimum absolute atomic E-state index is 0.403. The highest BCUT2D eigenvalue weighted by molar-refractivity contribution is 4.78. The zero-order chi connectivity index (χ0) is 6.41. The van der Waals surface area contributed by atoms with Gasteiger partial charge in [0.05, 0.1) is 0 Å². The first kappa shape index (κ1) is 7.92. The molecular weight excluding hydrogens is 100 g/mol. The summed E-state index contributed by atoms with van der Waals surface area (Å²) >= 11 is 0. The number of rotatable bonds is 4. The lowest BCUT2D eigenvalue weighted by molar-refractivity contribution is 0.601. The molecule has 0 amide bonds. The standard InChI is InChI=1S/C6H14N2/c1-4-6(8-3)5-7-2/h5-8H,1,4H2,2-3H3. The first-order valence-corrected chi connectivity index (χ1v) is 2.82. The summed E-state index contributed by atoms with van der Waals surface area (Å²) in [6, 6.07) is 0.403. The van der Waals surface area contributed by atoms with Crippen LogP contribution in [0.25, 0.3) is 0 Å². The van der Waals surface area contributed by atoms with E-state index >= 15 is 0 Å². The van der Waals surface area contributed by atoms with Gasteiger partial charge in [-0.05, 0) is 20.5 Å². The van der Waals surface area contributed by atoms with Crippen molar-refractivity contribution in [3.8, 4) is 0 Å². The Morgan fingerprint density at radius 2 is 2.25 bits per heavy atom. The highest BCUT2D eigenvalue weighted by Crippen LogP contribution is 1.88. The van der Waals surface area contributed by atoms with E-state index in [1.54, 1.807) is 0 Å². The normalized spacial score (nSPS) is 13.9. The van der Waals surface area contributed by atoms with Gasteiger partial charge in [-0.2, -0.15) is 0 Å². The average Bonchev–Trinajstić information content (AvgIpc) is 1.83. The van der Waals surface area contributed by atoms with Crippen LogP contribution in [0.1, 0.15) is 6.42 Å². The fraction of sp³-hybridized carbons (Fsp3) is 0.667. The fourth-order valence-corrected chi connectivity index (χ4v) is 0.512. The molecule has 0 aromatic heterocycles. The highest BCUT2D eigenvalue weighted by atomic mass is 14.9. The van der Waals surface area contributed by atoms with Crippen molar-refractivity contribution in [2.75, 3.05) is 14.1 Å². The molecule has 2 nitrogen and oxygen atoms in total. The first-order valence-electron chi connectivity index (χ1n) is 2.82. The van der Waals surface area contributed by atoms with Gasteiger partial charge in [-0.15, -0.1) is 0 Å². The van der Waals surface area contributed by atoms with Crippen LogP contribution in [0.3, 0.4) is 0 Å². The van der Waals surface area contributed by atoms with Crippen LogP contribution in [0, 0.1) is 13.5 Å². The molecule has 0 saturated heterocycles. The van der Waals surface area contributed by atoms with E-state index in [4.69, 9.17) is 0 Å². The molecule has 48 valence electrons. The zero-order valence-corrected chi connectivity index (χ0v) is 5.57. The summed E-state index contributed by atoms with van der Waals surface area (Å²) in [4.78, 5) is 0. The largest absolute Gasteiger partial charge is 0.315 e. The van der Waals surface area contributed by atoms with Crippen LogP contribution >= 0.6 is 0 Å². The van der Waals surface area contributed by atoms with Crippen LogP contribution in [-0.4, -0.2) is 20.1 Å². The third kappa shape index (κ3) is 2.99. The number of hydrogen-bond acceptors (Lipinski definition) is 2. The topological polar surface area (TPSA) is 24.1 Å². The number of likely N-dealkylation sites (N-methyl/N-ethyl adjacent to an activating group) is 2. The summed E-state index contributed by atoms with van der Waals surface area (Å²) in [5.41, 5.74) is 0. The highest BCUT2D eigenvalue weighted by Gasteiger charge is 1.98. The third-order valence-corrected chi connectivity index (χ3v) is 1.05. The molecule has 0 bridgehead atoms. The Morgan fingerprint density at radius 3 is 2.38 bits per heavy atom. The maximum atomic E-state index is 3.74. The summed E-state index contributed by atoms with van der Waals surface area (Å²) in [5, 5.41) is 6.01. The molecule has 0 aliphatic carbocycles. The van der Waals surface area contributed by atoms with Crippen molar-refractivity contribution in [1.82, 2.24) is 10.6 Å². The average molecular weight is 114 g/mol. The van der Waals surface area contributed by atoms with E-state index in [0.717, 1.165) is 6.42 Å². The summed E-state index contributed by atoms with van der Waals surface area (Å²) in [5.74, 6) is 0. The Hall–Kier alpha value is -0.0800. The molecule has 0 aliphatic rings. The van der Waals surface area contributed by atoms with Gasteiger partial charge in [-0.1, -0.05) is 6.92 Å². The summed E-state index contributed by atoms with van der Waals surface area (Å²) < 4.78 is 0. The van der Waals surface area contributed by atoms with E-state index < -0.39 is 0 Å². The predicted octanol–water partition coefficient (Wildman–Crippen LogP) is 0.180. The maximum absolute atomic E-state index is 3.74. The number of hydrogen-bond donors (Lipinski definition) is 2. The lowest BCUT2D eigenvalue weighted by atomic mass is 10.2. The lowest BCUT2D eigenvalue weighted by Gasteiger charge is -2.10. The van der Waals surface area contributed by atoms with E-state index in [9.17, 15) is 0 Å². The molecule has 2 N–H and O–H groups in total. The Kier molecular flexibility index (Phi) is 5.01. The van der Waals surface area contributed by atoms with Gasteiger partial charge in [0, 0.05) is 12.6 Å². The molecule has 0 saturated carbocycles. The SMILES string of the molecule is [CH2]CC([CH]NC)NC. The summed E-state index contributed by atoms with van der Waals surface area (Å²) in [6.07, 6.45) is 0.886. The number of nitrogens with one attached hydrogen (secondary N) is 2. The Balaban J connectivity index is 3.07. The van der Waals surface area contributed by atoms with E-state index in [0.29, 0.717) is 6.04 Å². The molecule has 0 spiro atoms. The molecule has 1 atom stereocenters. The smallest absolute Gasteiger partial charge is 0.0388 e. The molecule has 2 heteroatoms. The zero-order valence-electron chi connectivity index (χ0n) is 5.57. The Bertz CT molecular complexity index is 41.8. The van der Waals surface area contributed by atoms with Gasteiger partial charge in [0.1, 0.15) is 0 Å². The Labute approximate surface area is 51.7 Å². The van der Waals surface area contributed by atoms with Gasteiger partial charge in [0.2, 0.25) is 0 Å². The molecule has 0 fully saturated rings. The van der Waals surface area contributed by atoms with E-state index in [1.165, 1.54) is 0 Å². The molecule has 0 aromatic rings. The second-order valence-electron chi connectivity index (χ2n) is 1.64. The second-order valence-corrected chi connectivity index (χ2v) is 1.64. The van der Waals surface area contributed by atoms with Gasteiger partial charge in [0.15, 0.2) is 0 Å². The molecule has 0 aromatic carbocycles. The van der Waals surface area contributed by atoms with Crippen LogP contribution in [0.5, 0.6) is 0 Å². The Morgan fingerprint density at radius 1 is 1.62 bits per heavy atom.